The standard InChI is InChI=1S/C15H13Br2F2N/c1-20-15(12-8-10(16)2-4-13(12)17)7-9-6-11(18)3-5-14(9)19/h2-6,8,15,20H,7H2,1H3. The van der Waals surface area contributed by atoms with Crippen LogP contribution in [0.1, 0.15) is 17.2 Å². The van der Waals surface area contributed by atoms with Gasteiger partial charge < -0.3 is 5.32 Å². The van der Waals surface area contributed by atoms with Crippen LogP contribution in [-0.4, -0.2) is 7.05 Å². The summed E-state index contributed by atoms with van der Waals surface area (Å²) in [7, 11) is 1.80. The normalized spacial score (nSPS) is 12.4. The van der Waals surface area contributed by atoms with Gasteiger partial charge in [-0.3, -0.25) is 0 Å². The Morgan fingerprint density at radius 3 is 2.55 bits per heavy atom. The molecule has 0 spiro atoms. The molecule has 0 radical (unpaired) electrons. The topological polar surface area (TPSA) is 12.0 Å². The molecule has 20 heavy (non-hydrogen) atoms. The maximum Gasteiger partial charge on any atom is 0.126 e. The smallest absolute Gasteiger partial charge is 0.126 e. The van der Waals surface area contributed by atoms with Gasteiger partial charge in [0.15, 0.2) is 0 Å². The number of rotatable bonds is 4. The monoisotopic (exact) mass is 403 g/mol. The first-order valence-electron chi connectivity index (χ1n) is 6.07. The van der Waals surface area contributed by atoms with Crippen molar-refractivity contribution in [3.8, 4) is 0 Å². The third-order valence-electron chi connectivity index (χ3n) is 3.11. The summed E-state index contributed by atoms with van der Waals surface area (Å²) in [6, 6.07) is 9.22. The summed E-state index contributed by atoms with van der Waals surface area (Å²) in [6.45, 7) is 0. The summed E-state index contributed by atoms with van der Waals surface area (Å²) < 4.78 is 28.9. The van der Waals surface area contributed by atoms with Gasteiger partial charge in [-0.2, -0.15) is 0 Å². The molecule has 0 heterocycles. The zero-order valence-corrected chi connectivity index (χ0v) is 13.9. The molecule has 0 amide bonds. The van der Waals surface area contributed by atoms with Crippen LogP contribution < -0.4 is 5.32 Å². The molecule has 0 bridgehead atoms. The van der Waals surface area contributed by atoms with Crippen LogP contribution in [0.4, 0.5) is 8.78 Å². The van der Waals surface area contributed by atoms with Crippen LogP contribution in [-0.2, 0) is 6.42 Å². The highest BCUT2D eigenvalue weighted by Crippen LogP contribution is 2.29. The van der Waals surface area contributed by atoms with Gasteiger partial charge in [0.25, 0.3) is 0 Å². The van der Waals surface area contributed by atoms with Crippen LogP contribution in [0, 0.1) is 11.6 Å². The number of hydrogen-bond acceptors (Lipinski definition) is 1. The van der Waals surface area contributed by atoms with Crippen molar-refractivity contribution in [3.63, 3.8) is 0 Å². The summed E-state index contributed by atoms with van der Waals surface area (Å²) in [4.78, 5) is 0. The zero-order chi connectivity index (χ0) is 14.7. The van der Waals surface area contributed by atoms with Crippen molar-refractivity contribution in [2.45, 2.75) is 12.5 Å². The molecule has 2 aromatic carbocycles. The second-order valence-corrected chi connectivity index (χ2v) is 6.22. The lowest BCUT2D eigenvalue weighted by Gasteiger charge is -2.19. The van der Waals surface area contributed by atoms with E-state index in [0.29, 0.717) is 12.0 Å². The highest BCUT2D eigenvalue weighted by atomic mass is 79.9. The molecule has 5 heteroatoms. The molecule has 0 aliphatic carbocycles. The van der Waals surface area contributed by atoms with Crippen LogP contribution in [0.15, 0.2) is 45.3 Å². The lowest BCUT2D eigenvalue weighted by molar-refractivity contribution is 0.543. The van der Waals surface area contributed by atoms with Gasteiger partial charge in [0, 0.05) is 15.0 Å². The Labute approximate surface area is 133 Å². The predicted molar refractivity (Wildman–Crippen MR) is 83.7 cm³/mol. The van der Waals surface area contributed by atoms with Crippen molar-refractivity contribution in [1.29, 1.82) is 0 Å². The molecule has 106 valence electrons. The van der Waals surface area contributed by atoms with Gasteiger partial charge in [-0.1, -0.05) is 31.9 Å². The first-order chi connectivity index (χ1) is 9.51. The highest BCUT2D eigenvalue weighted by molar-refractivity contribution is 9.11. The maximum absolute atomic E-state index is 13.7. The second kappa shape index (κ2) is 6.78. The third-order valence-corrected chi connectivity index (χ3v) is 4.33. The van der Waals surface area contributed by atoms with Crippen molar-refractivity contribution in [1.82, 2.24) is 5.32 Å². The quantitative estimate of drug-likeness (QED) is 0.756. The van der Waals surface area contributed by atoms with Gasteiger partial charge in [-0.05, 0) is 61.0 Å². The Hall–Kier alpha value is -0.780. The fourth-order valence-electron chi connectivity index (χ4n) is 2.07. The number of hydrogen-bond donors (Lipinski definition) is 1. The molecule has 2 rings (SSSR count). The number of benzene rings is 2. The molecule has 0 fully saturated rings. The lowest BCUT2D eigenvalue weighted by atomic mass is 9.98. The van der Waals surface area contributed by atoms with E-state index in [1.54, 1.807) is 7.05 Å². The van der Waals surface area contributed by atoms with E-state index in [4.69, 9.17) is 0 Å². The van der Waals surface area contributed by atoms with E-state index >= 15 is 0 Å². The highest BCUT2D eigenvalue weighted by Gasteiger charge is 2.16. The molecule has 0 aliphatic rings. The minimum Gasteiger partial charge on any atom is -0.313 e. The molecule has 1 atom stereocenters. The van der Waals surface area contributed by atoms with Crippen molar-refractivity contribution in [2.24, 2.45) is 0 Å². The molecular formula is C15H13Br2F2N. The minimum absolute atomic E-state index is 0.113. The van der Waals surface area contributed by atoms with Gasteiger partial charge in [-0.25, -0.2) is 8.78 Å². The summed E-state index contributed by atoms with van der Waals surface area (Å²) in [6.07, 6.45) is 0.370. The first-order valence-corrected chi connectivity index (χ1v) is 7.66. The number of halogens is 4. The molecule has 1 unspecified atom stereocenters. The van der Waals surface area contributed by atoms with E-state index in [-0.39, 0.29) is 6.04 Å². The predicted octanol–water partition coefficient (Wildman–Crippen LogP) is 4.99. The van der Waals surface area contributed by atoms with Crippen molar-refractivity contribution in [3.05, 3.63) is 68.1 Å². The van der Waals surface area contributed by atoms with Crippen LogP contribution in [0.25, 0.3) is 0 Å². The molecule has 0 aromatic heterocycles. The Morgan fingerprint density at radius 1 is 1.10 bits per heavy atom. The van der Waals surface area contributed by atoms with Crippen molar-refractivity contribution < 1.29 is 8.78 Å². The van der Waals surface area contributed by atoms with E-state index in [9.17, 15) is 8.78 Å². The second-order valence-electron chi connectivity index (χ2n) is 4.45. The molecule has 1 nitrogen and oxygen atoms in total. The summed E-state index contributed by atoms with van der Waals surface area (Å²) >= 11 is 6.91. The fourth-order valence-corrected chi connectivity index (χ4v) is 2.97. The average molecular weight is 405 g/mol. The number of likely N-dealkylation sites (N-methyl/N-ethyl adjacent to an activating group) is 1. The van der Waals surface area contributed by atoms with Crippen molar-refractivity contribution in [2.75, 3.05) is 7.05 Å². The van der Waals surface area contributed by atoms with Gasteiger partial charge in [-0.15, -0.1) is 0 Å². The van der Waals surface area contributed by atoms with Gasteiger partial charge in [0.1, 0.15) is 11.6 Å². The summed E-state index contributed by atoms with van der Waals surface area (Å²) in [5.41, 5.74) is 1.35. The van der Waals surface area contributed by atoms with Gasteiger partial charge in [0.2, 0.25) is 0 Å². The van der Waals surface area contributed by atoms with Crippen LogP contribution in [0.3, 0.4) is 0 Å². The van der Waals surface area contributed by atoms with E-state index in [1.807, 2.05) is 18.2 Å². The van der Waals surface area contributed by atoms with E-state index in [1.165, 1.54) is 6.07 Å². The largest absolute Gasteiger partial charge is 0.313 e. The lowest BCUT2D eigenvalue weighted by Crippen LogP contribution is -2.20. The molecule has 0 saturated heterocycles. The van der Waals surface area contributed by atoms with Crippen LogP contribution in [0.2, 0.25) is 0 Å². The Morgan fingerprint density at radius 2 is 1.85 bits per heavy atom. The fraction of sp³-hybridized carbons (Fsp3) is 0.200. The minimum atomic E-state index is -0.426. The summed E-state index contributed by atoms with van der Waals surface area (Å²) in [5.74, 6) is -0.817. The van der Waals surface area contributed by atoms with E-state index in [2.05, 4.69) is 37.2 Å². The average Bonchev–Trinajstić information content (AvgIpc) is 2.42. The van der Waals surface area contributed by atoms with Gasteiger partial charge >= 0.3 is 0 Å². The first kappa shape index (κ1) is 15.6. The Balaban J connectivity index is 2.33. The molecule has 2 aromatic rings. The summed E-state index contributed by atoms with van der Waals surface area (Å²) in [5, 5.41) is 3.14. The van der Waals surface area contributed by atoms with Crippen LogP contribution in [0.5, 0.6) is 0 Å². The SMILES string of the molecule is CNC(Cc1cc(F)ccc1F)c1cc(Br)ccc1Br. The van der Waals surface area contributed by atoms with Gasteiger partial charge in [0.05, 0.1) is 0 Å². The molecular weight excluding hydrogens is 392 g/mol. The number of nitrogens with one attached hydrogen (secondary N) is 1. The Bertz CT molecular complexity index is 617. The molecule has 0 aliphatic heterocycles. The Kier molecular flexibility index (Phi) is 5.29. The third kappa shape index (κ3) is 3.65. The van der Waals surface area contributed by atoms with E-state index in [0.717, 1.165) is 26.6 Å². The zero-order valence-electron chi connectivity index (χ0n) is 10.8. The molecule has 1 N–H and O–H groups in total. The van der Waals surface area contributed by atoms with E-state index < -0.39 is 11.6 Å². The van der Waals surface area contributed by atoms with Crippen LogP contribution >= 0.6 is 31.9 Å². The molecule has 0 saturated carbocycles. The van der Waals surface area contributed by atoms with Crippen molar-refractivity contribution >= 4 is 31.9 Å². The maximum atomic E-state index is 13.7.